The number of halogens is 1. The molecule has 0 N–H and O–H groups in total. The summed E-state index contributed by atoms with van der Waals surface area (Å²) in [4.78, 5) is 0. The Balaban J connectivity index is 2.44. The molecule has 0 aliphatic heterocycles. The van der Waals surface area contributed by atoms with Crippen LogP contribution in [0, 0.1) is 0 Å². The molecule has 0 unspecified atom stereocenters. The Labute approximate surface area is 96.2 Å². The standard InChI is InChI=1S/C7H7ClO4S3/c8-15(11,12)7-4-3-6(13-7)14(9,10)5-1-2-5/h3-5H,1-2H2. The van der Waals surface area contributed by atoms with Crippen LogP contribution >= 0.6 is 22.0 Å². The van der Waals surface area contributed by atoms with E-state index in [1.807, 2.05) is 0 Å². The molecular weight excluding hydrogens is 280 g/mol. The Bertz CT molecular complexity index is 580. The van der Waals surface area contributed by atoms with Crippen LogP contribution in [0.1, 0.15) is 12.8 Å². The van der Waals surface area contributed by atoms with Gasteiger partial charge in [-0.2, -0.15) is 0 Å². The minimum atomic E-state index is -3.82. The van der Waals surface area contributed by atoms with Gasteiger partial charge in [0.05, 0.1) is 5.25 Å². The molecule has 8 heteroatoms. The predicted molar refractivity (Wildman–Crippen MR) is 57.6 cm³/mol. The summed E-state index contributed by atoms with van der Waals surface area (Å²) in [6.45, 7) is 0. The van der Waals surface area contributed by atoms with Crippen LogP contribution in [0.25, 0.3) is 0 Å². The molecule has 1 aromatic rings. The van der Waals surface area contributed by atoms with Crippen molar-refractivity contribution in [2.45, 2.75) is 26.5 Å². The van der Waals surface area contributed by atoms with Crippen LogP contribution in [0.3, 0.4) is 0 Å². The van der Waals surface area contributed by atoms with Crippen LogP contribution in [0.2, 0.25) is 0 Å². The van der Waals surface area contributed by atoms with E-state index < -0.39 is 18.9 Å². The van der Waals surface area contributed by atoms with E-state index in [0.29, 0.717) is 24.2 Å². The highest BCUT2D eigenvalue weighted by molar-refractivity contribution is 8.15. The normalized spacial score (nSPS) is 17.9. The Kier molecular flexibility index (Phi) is 2.61. The van der Waals surface area contributed by atoms with Crippen molar-refractivity contribution < 1.29 is 16.8 Å². The summed E-state index contributed by atoms with van der Waals surface area (Å²) >= 11 is 0.707. The number of hydrogen-bond acceptors (Lipinski definition) is 5. The molecule has 0 bridgehead atoms. The first-order chi connectivity index (χ1) is 6.82. The summed E-state index contributed by atoms with van der Waals surface area (Å²) in [5.74, 6) is 0. The van der Waals surface area contributed by atoms with E-state index in [9.17, 15) is 16.8 Å². The van der Waals surface area contributed by atoms with Crippen LogP contribution in [0.5, 0.6) is 0 Å². The first-order valence-electron chi connectivity index (χ1n) is 4.10. The Morgan fingerprint density at radius 1 is 1.13 bits per heavy atom. The predicted octanol–water partition coefficient (Wildman–Crippen LogP) is 1.61. The van der Waals surface area contributed by atoms with Gasteiger partial charge >= 0.3 is 0 Å². The molecule has 1 aliphatic rings. The summed E-state index contributed by atoms with van der Waals surface area (Å²) in [6.07, 6.45) is 1.31. The van der Waals surface area contributed by atoms with Crippen LogP contribution in [-0.4, -0.2) is 22.1 Å². The lowest BCUT2D eigenvalue weighted by atomic mass is 10.7. The second kappa shape index (κ2) is 3.44. The van der Waals surface area contributed by atoms with E-state index in [4.69, 9.17) is 10.7 Å². The Morgan fingerprint density at radius 2 is 1.67 bits per heavy atom. The number of rotatable bonds is 3. The molecule has 0 saturated heterocycles. The number of hydrogen-bond donors (Lipinski definition) is 0. The summed E-state index contributed by atoms with van der Waals surface area (Å²) in [6, 6.07) is 2.52. The lowest BCUT2D eigenvalue weighted by Crippen LogP contribution is -2.04. The maximum atomic E-state index is 11.7. The monoisotopic (exact) mass is 286 g/mol. The van der Waals surface area contributed by atoms with Crippen molar-refractivity contribution in [2.75, 3.05) is 0 Å². The fourth-order valence-corrected chi connectivity index (χ4v) is 5.58. The first-order valence-corrected chi connectivity index (χ1v) is 8.77. The number of thiophene rings is 1. The molecule has 1 aromatic heterocycles. The van der Waals surface area contributed by atoms with Crippen LogP contribution in [0.15, 0.2) is 20.6 Å². The lowest BCUT2D eigenvalue weighted by molar-refractivity contribution is 0.596. The van der Waals surface area contributed by atoms with Gasteiger partial charge in [0.1, 0.15) is 8.42 Å². The Morgan fingerprint density at radius 3 is 2.07 bits per heavy atom. The summed E-state index contributed by atoms with van der Waals surface area (Å²) in [5.41, 5.74) is 0. The topological polar surface area (TPSA) is 68.3 Å². The van der Waals surface area contributed by atoms with E-state index in [1.54, 1.807) is 0 Å². The van der Waals surface area contributed by atoms with Gasteiger partial charge < -0.3 is 0 Å². The maximum Gasteiger partial charge on any atom is 0.270 e. The third kappa shape index (κ3) is 2.20. The van der Waals surface area contributed by atoms with Crippen molar-refractivity contribution >= 4 is 40.9 Å². The molecule has 1 fully saturated rings. The zero-order valence-electron chi connectivity index (χ0n) is 7.38. The highest BCUT2D eigenvalue weighted by Gasteiger charge is 2.38. The molecule has 84 valence electrons. The highest BCUT2D eigenvalue weighted by Crippen LogP contribution is 2.37. The minimum absolute atomic E-state index is 0.0872. The molecule has 15 heavy (non-hydrogen) atoms. The minimum Gasteiger partial charge on any atom is -0.223 e. The van der Waals surface area contributed by atoms with E-state index >= 15 is 0 Å². The van der Waals surface area contributed by atoms with Gasteiger partial charge in [0.15, 0.2) is 9.84 Å². The second-order valence-corrected chi connectivity index (χ2v) is 9.59. The van der Waals surface area contributed by atoms with Gasteiger partial charge in [-0.05, 0) is 25.0 Å². The molecule has 1 saturated carbocycles. The van der Waals surface area contributed by atoms with Gasteiger partial charge in [0, 0.05) is 10.7 Å². The average molecular weight is 287 g/mol. The Hall–Kier alpha value is -0.110. The molecule has 0 amide bonds. The van der Waals surface area contributed by atoms with E-state index in [0.717, 1.165) is 0 Å². The quantitative estimate of drug-likeness (QED) is 0.792. The number of sulfone groups is 1. The first kappa shape index (κ1) is 11.4. The summed E-state index contributed by atoms with van der Waals surface area (Å²) in [5, 5.41) is -0.331. The van der Waals surface area contributed by atoms with Crippen LogP contribution in [-0.2, 0) is 18.9 Å². The van der Waals surface area contributed by atoms with Gasteiger partial charge in [0.25, 0.3) is 9.05 Å². The van der Waals surface area contributed by atoms with Gasteiger partial charge in [-0.1, -0.05) is 0 Å². The molecular formula is C7H7ClO4S3. The third-order valence-corrected chi connectivity index (χ3v) is 8.01. The van der Waals surface area contributed by atoms with Gasteiger partial charge in [-0.15, -0.1) is 11.3 Å². The summed E-state index contributed by atoms with van der Waals surface area (Å²) in [7, 11) is -2.03. The molecule has 2 rings (SSSR count). The van der Waals surface area contributed by atoms with Crippen molar-refractivity contribution in [2.24, 2.45) is 0 Å². The second-order valence-electron chi connectivity index (χ2n) is 3.26. The van der Waals surface area contributed by atoms with E-state index in [2.05, 4.69) is 0 Å². The highest BCUT2D eigenvalue weighted by atomic mass is 35.7. The van der Waals surface area contributed by atoms with E-state index in [-0.39, 0.29) is 13.7 Å². The third-order valence-electron chi connectivity index (χ3n) is 2.04. The smallest absolute Gasteiger partial charge is 0.223 e. The molecule has 0 aromatic carbocycles. The molecule has 0 atom stereocenters. The van der Waals surface area contributed by atoms with Crippen LogP contribution < -0.4 is 0 Å². The summed E-state index contributed by atoms with van der Waals surface area (Å²) < 4.78 is 45.3. The average Bonchev–Trinajstić information content (AvgIpc) is 2.80. The molecule has 0 spiro atoms. The van der Waals surface area contributed by atoms with Crippen molar-refractivity contribution in [1.82, 2.24) is 0 Å². The van der Waals surface area contributed by atoms with Crippen molar-refractivity contribution in [3.8, 4) is 0 Å². The zero-order chi connectivity index (χ0) is 11.3. The van der Waals surface area contributed by atoms with Crippen molar-refractivity contribution in [3.63, 3.8) is 0 Å². The van der Waals surface area contributed by atoms with Crippen LogP contribution in [0.4, 0.5) is 0 Å². The van der Waals surface area contributed by atoms with Gasteiger partial charge in [0.2, 0.25) is 0 Å². The van der Waals surface area contributed by atoms with Gasteiger partial charge in [-0.25, -0.2) is 16.8 Å². The largest absolute Gasteiger partial charge is 0.270 e. The lowest BCUT2D eigenvalue weighted by Gasteiger charge is -1.95. The van der Waals surface area contributed by atoms with E-state index in [1.165, 1.54) is 12.1 Å². The fourth-order valence-electron chi connectivity index (χ4n) is 1.13. The molecule has 4 nitrogen and oxygen atoms in total. The van der Waals surface area contributed by atoms with Crippen molar-refractivity contribution in [3.05, 3.63) is 12.1 Å². The molecule has 1 aliphatic carbocycles. The SMILES string of the molecule is O=S(=O)(Cl)c1ccc(S(=O)(=O)C2CC2)s1. The fraction of sp³-hybridized carbons (Fsp3) is 0.429. The maximum absolute atomic E-state index is 11.7. The molecule has 1 heterocycles. The molecule has 0 radical (unpaired) electrons. The van der Waals surface area contributed by atoms with Gasteiger partial charge in [-0.3, -0.25) is 0 Å². The van der Waals surface area contributed by atoms with Crippen molar-refractivity contribution in [1.29, 1.82) is 0 Å². The zero-order valence-corrected chi connectivity index (χ0v) is 10.6.